The van der Waals surface area contributed by atoms with E-state index in [1.54, 1.807) is 6.26 Å². The van der Waals surface area contributed by atoms with Crippen LogP contribution in [0.4, 0.5) is 0 Å². The van der Waals surface area contributed by atoms with E-state index in [0.717, 1.165) is 6.54 Å². The van der Waals surface area contributed by atoms with Crippen LogP contribution in [0.3, 0.4) is 0 Å². The predicted molar refractivity (Wildman–Crippen MR) is 39.1 cm³/mol. The fourth-order valence-electron chi connectivity index (χ4n) is 0.717. The highest BCUT2D eigenvalue weighted by Crippen LogP contribution is 1.95. The fourth-order valence-corrected chi connectivity index (χ4v) is 0.717. The zero-order valence-electron chi connectivity index (χ0n) is 6.79. The molecule has 0 radical (unpaired) electrons. The van der Waals surface area contributed by atoms with E-state index in [9.17, 15) is 0 Å². The Kier molecular flexibility index (Phi) is 4.69. The summed E-state index contributed by atoms with van der Waals surface area (Å²) in [5.74, 6) is 0. The van der Waals surface area contributed by atoms with Crippen molar-refractivity contribution in [1.82, 2.24) is 4.90 Å². The van der Waals surface area contributed by atoms with Crippen molar-refractivity contribution >= 4 is 0 Å². The van der Waals surface area contributed by atoms with Crippen LogP contribution in [-0.4, -0.2) is 24.2 Å². The van der Waals surface area contributed by atoms with E-state index < -0.39 is 0 Å². The molecule has 0 atom stereocenters. The van der Waals surface area contributed by atoms with E-state index in [1.807, 2.05) is 6.92 Å². The largest absolute Gasteiger partial charge is 0.411 e. The van der Waals surface area contributed by atoms with Gasteiger partial charge in [-0.15, -0.1) is 0 Å². The lowest BCUT2D eigenvalue weighted by Crippen LogP contribution is -2.32. The van der Waals surface area contributed by atoms with Crippen LogP contribution < -0.4 is 0 Å². The summed E-state index contributed by atoms with van der Waals surface area (Å²) in [6, 6.07) is 0.443. The monoisotopic (exact) mass is 142 g/mol. The van der Waals surface area contributed by atoms with Gasteiger partial charge in [0.25, 0.3) is 6.26 Å². The molecule has 3 nitrogen and oxygen atoms in total. The molecule has 0 saturated carbocycles. The van der Waals surface area contributed by atoms with E-state index in [2.05, 4.69) is 23.5 Å². The first kappa shape index (κ1) is 9.25. The minimum absolute atomic E-state index is 0.407. The Hall–Kier alpha value is -0.750. The standard InChI is InChI=1S/C7H14N2O/c1-4-9(7(2)3)6-10-5-8/h7H,4,6H2,1-3H3. The molecule has 0 aliphatic carbocycles. The van der Waals surface area contributed by atoms with Crippen LogP contribution in [0.5, 0.6) is 0 Å². The smallest absolute Gasteiger partial charge is 0.287 e. The van der Waals surface area contributed by atoms with Gasteiger partial charge >= 0.3 is 0 Å². The van der Waals surface area contributed by atoms with Crippen molar-refractivity contribution < 1.29 is 4.74 Å². The van der Waals surface area contributed by atoms with E-state index in [1.165, 1.54) is 0 Å². The number of nitriles is 1. The van der Waals surface area contributed by atoms with Crippen molar-refractivity contribution in [2.45, 2.75) is 26.8 Å². The predicted octanol–water partition coefficient (Wildman–Crippen LogP) is 1.17. The van der Waals surface area contributed by atoms with Crippen LogP contribution in [0.1, 0.15) is 20.8 Å². The lowest BCUT2D eigenvalue weighted by molar-refractivity contribution is 0.0807. The summed E-state index contributed by atoms with van der Waals surface area (Å²) < 4.78 is 4.58. The molecule has 0 aromatic heterocycles. The Morgan fingerprint density at radius 3 is 2.50 bits per heavy atom. The van der Waals surface area contributed by atoms with Gasteiger partial charge in [-0.25, -0.2) is 0 Å². The van der Waals surface area contributed by atoms with E-state index in [0.29, 0.717) is 12.8 Å². The van der Waals surface area contributed by atoms with Crippen molar-refractivity contribution in [3.05, 3.63) is 0 Å². The highest BCUT2D eigenvalue weighted by molar-refractivity contribution is 4.57. The average Bonchev–Trinajstić information content (AvgIpc) is 1.89. The highest BCUT2D eigenvalue weighted by atomic mass is 16.5. The van der Waals surface area contributed by atoms with Gasteiger partial charge in [-0.3, -0.25) is 4.90 Å². The van der Waals surface area contributed by atoms with Crippen molar-refractivity contribution in [2.24, 2.45) is 0 Å². The molecule has 0 rings (SSSR count). The van der Waals surface area contributed by atoms with Gasteiger partial charge in [0.15, 0.2) is 6.73 Å². The summed E-state index contributed by atoms with van der Waals surface area (Å²) in [5, 5.41) is 8.09. The summed E-state index contributed by atoms with van der Waals surface area (Å²) in [7, 11) is 0. The Labute approximate surface area is 62.2 Å². The van der Waals surface area contributed by atoms with Crippen molar-refractivity contribution in [3.8, 4) is 6.26 Å². The minimum Gasteiger partial charge on any atom is -0.411 e. The topological polar surface area (TPSA) is 36.3 Å². The molecule has 0 aliphatic rings. The van der Waals surface area contributed by atoms with Crippen LogP contribution in [0.25, 0.3) is 0 Å². The molecule has 0 amide bonds. The number of rotatable bonds is 4. The zero-order chi connectivity index (χ0) is 7.98. The lowest BCUT2D eigenvalue weighted by atomic mass is 10.3. The van der Waals surface area contributed by atoms with E-state index >= 15 is 0 Å². The number of hydrogen-bond donors (Lipinski definition) is 0. The van der Waals surface area contributed by atoms with Gasteiger partial charge in [-0.05, 0) is 20.4 Å². The van der Waals surface area contributed by atoms with Gasteiger partial charge in [-0.2, -0.15) is 5.26 Å². The average molecular weight is 142 g/mol. The minimum atomic E-state index is 0.407. The molecule has 0 saturated heterocycles. The van der Waals surface area contributed by atoms with Gasteiger partial charge in [-0.1, -0.05) is 6.92 Å². The van der Waals surface area contributed by atoms with Gasteiger partial charge < -0.3 is 4.74 Å². The summed E-state index contributed by atoms with van der Waals surface area (Å²) in [6.07, 6.45) is 1.65. The van der Waals surface area contributed by atoms with Crippen molar-refractivity contribution in [2.75, 3.05) is 13.3 Å². The second kappa shape index (κ2) is 5.07. The molecule has 58 valence electrons. The van der Waals surface area contributed by atoms with Crippen molar-refractivity contribution in [3.63, 3.8) is 0 Å². The van der Waals surface area contributed by atoms with Crippen LogP contribution in [0.2, 0.25) is 0 Å². The van der Waals surface area contributed by atoms with E-state index in [-0.39, 0.29) is 0 Å². The molecular weight excluding hydrogens is 128 g/mol. The van der Waals surface area contributed by atoms with Crippen LogP contribution in [-0.2, 0) is 4.74 Å². The second-order valence-electron chi connectivity index (χ2n) is 2.36. The Bertz CT molecular complexity index is 117. The highest BCUT2D eigenvalue weighted by Gasteiger charge is 2.05. The first-order valence-corrected chi connectivity index (χ1v) is 3.47. The quantitative estimate of drug-likeness (QED) is 0.436. The molecular formula is C7H14N2O. The summed E-state index contributed by atoms with van der Waals surface area (Å²) in [4.78, 5) is 2.06. The first-order valence-electron chi connectivity index (χ1n) is 3.47. The maximum atomic E-state index is 8.09. The van der Waals surface area contributed by atoms with Gasteiger partial charge in [0.2, 0.25) is 0 Å². The number of nitrogens with zero attached hydrogens (tertiary/aromatic N) is 2. The maximum Gasteiger partial charge on any atom is 0.287 e. The van der Waals surface area contributed by atoms with Crippen LogP contribution in [0, 0.1) is 11.5 Å². The molecule has 0 aliphatic heterocycles. The third-order valence-corrected chi connectivity index (χ3v) is 1.43. The maximum absolute atomic E-state index is 8.09. The molecule has 0 aromatic carbocycles. The fraction of sp³-hybridized carbons (Fsp3) is 0.857. The number of hydrogen-bond acceptors (Lipinski definition) is 3. The SMILES string of the molecule is CCN(COC#N)C(C)C. The van der Waals surface area contributed by atoms with Gasteiger partial charge in [0, 0.05) is 6.04 Å². The van der Waals surface area contributed by atoms with Crippen LogP contribution in [0.15, 0.2) is 0 Å². The molecule has 10 heavy (non-hydrogen) atoms. The molecule has 0 aromatic rings. The molecule has 0 N–H and O–H groups in total. The Balaban J connectivity index is 3.52. The third kappa shape index (κ3) is 3.31. The van der Waals surface area contributed by atoms with Crippen molar-refractivity contribution in [1.29, 1.82) is 5.26 Å². The molecule has 0 fully saturated rings. The molecule has 0 spiro atoms. The summed E-state index contributed by atoms with van der Waals surface area (Å²) in [5.41, 5.74) is 0. The molecule has 0 bridgehead atoms. The molecule has 0 unspecified atom stereocenters. The number of ether oxygens (including phenoxy) is 1. The first-order chi connectivity index (χ1) is 4.72. The van der Waals surface area contributed by atoms with Gasteiger partial charge in [0.05, 0.1) is 0 Å². The molecule has 0 heterocycles. The second-order valence-corrected chi connectivity index (χ2v) is 2.36. The lowest BCUT2D eigenvalue weighted by Gasteiger charge is -2.21. The van der Waals surface area contributed by atoms with Gasteiger partial charge in [0.1, 0.15) is 0 Å². The van der Waals surface area contributed by atoms with E-state index in [4.69, 9.17) is 5.26 Å². The summed E-state index contributed by atoms with van der Waals surface area (Å²) >= 11 is 0. The summed E-state index contributed by atoms with van der Waals surface area (Å²) in [6.45, 7) is 7.51. The van der Waals surface area contributed by atoms with Crippen LogP contribution >= 0.6 is 0 Å². The Morgan fingerprint density at radius 2 is 2.20 bits per heavy atom. The zero-order valence-corrected chi connectivity index (χ0v) is 6.79. The third-order valence-electron chi connectivity index (χ3n) is 1.43. The normalized spacial score (nSPS) is 10.0. The Morgan fingerprint density at radius 1 is 1.60 bits per heavy atom. The molecule has 3 heteroatoms.